The van der Waals surface area contributed by atoms with Crippen LogP contribution < -0.4 is 5.32 Å². The fraction of sp³-hybridized carbons (Fsp3) is 0.240. The van der Waals surface area contributed by atoms with Gasteiger partial charge in [-0.1, -0.05) is 56.3 Å². The average Bonchev–Trinajstić information content (AvgIpc) is 2.66. The van der Waals surface area contributed by atoms with Crippen LogP contribution >= 0.6 is 0 Å². The van der Waals surface area contributed by atoms with Crippen molar-refractivity contribution >= 4 is 27.8 Å². The van der Waals surface area contributed by atoms with Crippen molar-refractivity contribution < 1.29 is 9.18 Å². The van der Waals surface area contributed by atoms with Gasteiger partial charge in [0.15, 0.2) is 5.78 Å². The van der Waals surface area contributed by atoms with E-state index in [1.807, 2.05) is 12.1 Å². The van der Waals surface area contributed by atoms with E-state index in [2.05, 4.69) is 43.4 Å². The van der Waals surface area contributed by atoms with Crippen molar-refractivity contribution in [3.8, 4) is 0 Å². The minimum Gasteiger partial charge on any atom is -0.373 e. The Morgan fingerprint density at radius 2 is 1.71 bits per heavy atom. The molecule has 2 nitrogen and oxygen atoms in total. The topological polar surface area (TPSA) is 29.1 Å². The summed E-state index contributed by atoms with van der Waals surface area (Å²) in [6, 6.07) is 18.8. The Morgan fingerprint density at radius 3 is 2.50 bits per heavy atom. The van der Waals surface area contributed by atoms with Gasteiger partial charge in [0.2, 0.25) is 0 Å². The Labute approximate surface area is 164 Å². The molecular weight excluding hydrogens is 349 g/mol. The van der Waals surface area contributed by atoms with Crippen LogP contribution in [0.5, 0.6) is 0 Å². The van der Waals surface area contributed by atoms with Gasteiger partial charge in [0.25, 0.3) is 0 Å². The molecule has 140 valence electrons. The maximum Gasteiger partial charge on any atom is 0.162 e. The number of carbonyl (C=O) groups excluding carboxylic acids is 1. The third-order valence-electron chi connectivity index (χ3n) is 5.94. The molecule has 1 heterocycles. The zero-order valence-corrected chi connectivity index (χ0v) is 16.1. The van der Waals surface area contributed by atoms with Crippen LogP contribution in [0.15, 0.2) is 66.2 Å². The summed E-state index contributed by atoms with van der Waals surface area (Å²) >= 11 is 0. The van der Waals surface area contributed by atoms with Crippen molar-refractivity contribution in [2.24, 2.45) is 5.41 Å². The van der Waals surface area contributed by atoms with E-state index in [-0.39, 0.29) is 23.1 Å². The highest BCUT2D eigenvalue weighted by atomic mass is 19.1. The van der Waals surface area contributed by atoms with Gasteiger partial charge >= 0.3 is 0 Å². The Bertz CT molecular complexity index is 1140. The normalized spacial score (nSPS) is 20.5. The van der Waals surface area contributed by atoms with E-state index in [1.165, 1.54) is 22.9 Å². The molecule has 28 heavy (non-hydrogen) atoms. The predicted molar refractivity (Wildman–Crippen MR) is 112 cm³/mol. The highest BCUT2D eigenvalue weighted by Crippen LogP contribution is 2.51. The molecular formula is C25H22FNO. The number of hydrogen-bond donors (Lipinski definition) is 1. The van der Waals surface area contributed by atoms with E-state index in [1.54, 1.807) is 12.1 Å². The standard InChI is InChI=1S/C25H22FNO/c1-25(2)13-19-22-18-6-4-3-5-15(18)9-12-20(22)27-24(23(19)21(28)14-25)16-7-10-17(26)11-8-16/h3-12,24,27H,13-14H2,1-2H3/t24-/m1/s1. The number of benzene rings is 3. The van der Waals surface area contributed by atoms with Crippen LogP contribution in [-0.2, 0) is 4.79 Å². The summed E-state index contributed by atoms with van der Waals surface area (Å²) in [4.78, 5) is 13.3. The van der Waals surface area contributed by atoms with Gasteiger partial charge in [-0.15, -0.1) is 0 Å². The number of hydrogen-bond acceptors (Lipinski definition) is 2. The maximum absolute atomic E-state index is 13.5. The third-order valence-corrected chi connectivity index (χ3v) is 5.94. The molecule has 0 saturated carbocycles. The summed E-state index contributed by atoms with van der Waals surface area (Å²) in [6.07, 6.45) is 1.39. The Morgan fingerprint density at radius 1 is 0.964 bits per heavy atom. The van der Waals surface area contributed by atoms with Gasteiger partial charge in [0, 0.05) is 23.2 Å². The van der Waals surface area contributed by atoms with Gasteiger partial charge in [-0.3, -0.25) is 4.79 Å². The van der Waals surface area contributed by atoms with E-state index < -0.39 is 0 Å². The number of ketones is 1. The van der Waals surface area contributed by atoms with E-state index in [0.717, 1.165) is 34.4 Å². The minimum atomic E-state index is -0.267. The largest absolute Gasteiger partial charge is 0.373 e. The number of rotatable bonds is 1. The van der Waals surface area contributed by atoms with E-state index in [0.29, 0.717) is 6.42 Å². The molecule has 0 amide bonds. The summed E-state index contributed by atoms with van der Waals surface area (Å²) < 4.78 is 13.5. The molecule has 0 aromatic heterocycles. The molecule has 1 aliphatic carbocycles. The SMILES string of the molecule is CC1(C)CC(=O)C2=C(C1)c1c(ccc3ccccc13)N[C@@H]2c1ccc(F)cc1. The smallest absolute Gasteiger partial charge is 0.162 e. The van der Waals surface area contributed by atoms with Crippen molar-refractivity contribution in [3.05, 3.63) is 83.2 Å². The first-order valence-electron chi connectivity index (χ1n) is 9.73. The summed E-state index contributed by atoms with van der Waals surface area (Å²) in [7, 11) is 0. The molecule has 3 aromatic carbocycles. The Hall–Kier alpha value is -2.94. The lowest BCUT2D eigenvalue weighted by atomic mass is 9.68. The summed E-state index contributed by atoms with van der Waals surface area (Å²) in [6.45, 7) is 4.32. The van der Waals surface area contributed by atoms with Crippen molar-refractivity contribution in [2.45, 2.75) is 32.7 Å². The van der Waals surface area contributed by atoms with E-state index in [4.69, 9.17) is 0 Å². The number of nitrogens with one attached hydrogen (secondary N) is 1. The van der Waals surface area contributed by atoms with E-state index in [9.17, 15) is 9.18 Å². The number of fused-ring (bicyclic) bond motifs is 4. The second kappa shape index (κ2) is 6.03. The van der Waals surface area contributed by atoms with Crippen molar-refractivity contribution in [1.29, 1.82) is 0 Å². The van der Waals surface area contributed by atoms with Gasteiger partial charge in [-0.05, 0) is 51.9 Å². The lowest BCUT2D eigenvalue weighted by Gasteiger charge is -2.40. The zero-order chi connectivity index (χ0) is 19.5. The van der Waals surface area contributed by atoms with Gasteiger partial charge in [0.1, 0.15) is 5.82 Å². The molecule has 0 radical (unpaired) electrons. The van der Waals surface area contributed by atoms with Gasteiger partial charge in [0.05, 0.1) is 6.04 Å². The van der Waals surface area contributed by atoms with Crippen LogP contribution in [0.2, 0.25) is 0 Å². The number of Topliss-reactive ketones (excluding diaryl/α,β-unsaturated/α-hetero) is 1. The molecule has 5 rings (SSSR count). The van der Waals surface area contributed by atoms with Crippen LogP contribution in [0.4, 0.5) is 10.1 Å². The fourth-order valence-electron chi connectivity index (χ4n) is 4.74. The molecule has 3 aromatic rings. The maximum atomic E-state index is 13.5. The first-order valence-corrected chi connectivity index (χ1v) is 9.73. The lowest BCUT2D eigenvalue weighted by Crippen LogP contribution is -2.33. The van der Waals surface area contributed by atoms with E-state index >= 15 is 0 Å². The monoisotopic (exact) mass is 371 g/mol. The summed E-state index contributed by atoms with van der Waals surface area (Å²) in [5.41, 5.74) is 5.01. The predicted octanol–water partition coefficient (Wildman–Crippen LogP) is 6.29. The highest BCUT2D eigenvalue weighted by molar-refractivity contribution is 6.12. The average molecular weight is 371 g/mol. The molecule has 3 heteroatoms. The molecule has 0 saturated heterocycles. The van der Waals surface area contributed by atoms with Crippen LogP contribution in [-0.4, -0.2) is 5.78 Å². The van der Waals surface area contributed by atoms with Crippen molar-refractivity contribution in [1.82, 2.24) is 0 Å². The fourth-order valence-corrected chi connectivity index (χ4v) is 4.74. The minimum absolute atomic E-state index is 0.0746. The molecule has 0 spiro atoms. The molecule has 1 aliphatic heterocycles. The molecule has 1 atom stereocenters. The lowest BCUT2D eigenvalue weighted by molar-refractivity contribution is -0.118. The molecule has 0 fully saturated rings. The summed E-state index contributed by atoms with van der Waals surface area (Å²) in [5, 5.41) is 5.92. The first-order chi connectivity index (χ1) is 13.4. The van der Waals surface area contributed by atoms with Crippen LogP contribution in [0.25, 0.3) is 16.3 Å². The molecule has 1 N–H and O–H groups in total. The zero-order valence-electron chi connectivity index (χ0n) is 16.1. The van der Waals surface area contributed by atoms with Gasteiger partial charge in [-0.2, -0.15) is 0 Å². The number of carbonyl (C=O) groups is 1. The van der Waals surface area contributed by atoms with Crippen LogP contribution in [0, 0.1) is 11.2 Å². The van der Waals surface area contributed by atoms with Crippen molar-refractivity contribution in [2.75, 3.05) is 5.32 Å². The first kappa shape index (κ1) is 17.2. The quantitative estimate of drug-likeness (QED) is 0.545. The second-order valence-corrected chi connectivity index (χ2v) is 8.67. The second-order valence-electron chi connectivity index (χ2n) is 8.67. The Kier molecular flexibility index (Phi) is 3.70. The number of allylic oxidation sites excluding steroid dienone is 1. The third kappa shape index (κ3) is 2.65. The molecule has 2 aliphatic rings. The van der Waals surface area contributed by atoms with Gasteiger partial charge < -0.3 is 5.32 Å². The number of anilines is 1. The highest BCUT2D eigenvalue weighted by Gasteiger charge is 2.40. The number of halogens is 1. The van der Waals surface area contributed by atoms with Gasteiger partial charge in [-0.25, -0.2) is 4.39 Å². The van der Waals surface area contributed by atoms with Crippen LogP contribution in [0.1, 0.15) is 43.9 Å². The Balaban J connectivity index is 1.79. The summed E-state index contributed by atoms with van der Waals surface area (Å²) in [5.74, 6) is -0.0806. The molecule has 0 bridgehead atoms. The molecule has 0 unspecified atom stereocenters. The van der Waals surface area contributed by atoms with Crippen molar-refractivity contribution in [3.63, 3.8) is 0 Å². The van der Waals surface area contributed by atoms with Crippen LogP contribution in [0.3, 0.4) is 0 Å².